The van der Waals surface area contributed by atoms with E-state index in [9.17, 15) is 0 Å². The summed E-state index contributed by atoms with van der Waals surface area (Å²) in [4.78, 5) is 7.46. The molecule has 1 saturated carbocycles. The zero-order chi connectivity index (χ0) is 18.5. The zero-order valence-electron chi connectivity index (χ0n) is 16.3. The standard InChI is InChI=1S/C24H31N3/c1-19-12-14-21(15-13-19)18-27-23(16-20-8-4-2-5-9-20)17-25-24(27)26-22-10-6-3-7-11-22/h2-11,19,21,23H,12-18H2,1H3,(H,25,26). The quantitative estimate of drug-likeness (QED) is 0.792. The Bertz CT molecular complexity index is 733. The Balaban J connectivity index is 1.47. The van der Waals surface area contributed by atoms with E-state index in [0.29, 0.717) is 6.04 Å². The molecule has 4 rings (SSSR count). The molecule has 1 atom stereocenters. The van der Waals surface area contributed by atoms with E-state index in [1.54, 1.807) is 0 Å². The van der Waals surface area contributed by atoms with Crippen molar-refractivity contribution < 1.29 is 0 Å². The Morgan fingerprint density at radius 1 is 0.926 bits per heavy atom. The van der Waals surface area contributed by atoms with E-state index in [-0.39, 0.29) is 0 Å². The van der Waals surface area contributed by atoms with Gasteiger partial charge in [0.25, 0.3) is 0 Å². The van der Waals surface area contributed by atoms with Crippen LogP contribution in [0.3, 0.4) is 0 Å². The van der Waals surface area contributed by atoms with Crippen molar-refractivity contribution in [1.29, 1.82) is 0 Å². The third-order valence-corrected chi connectivity index (χ3v) is 6.10. The second kappa shape index (κ2) is 8.60. The Morgan fingerprint density at radius 3 is 2.30 bits per heavy atom. The second-order valence-corrected chi connectivity index (χ2v) is 8.28. The SMILES string of the molecule is CC1CCC(CN2C(Nc3ccccc3)=NCC2Cc2ccccc2)CC1. The van der Waals surface area contributed by atoms with Gasteiger partial charge in [-0.05, 0) is 48.8 Å². The molecule has 142 valence electrons. The molecule has 1 fully saturated rings. The molecule has 0 saturated heterocycles. The molecule has 27 heavy (non-hydrogen) atoms. The highest BCUT2D eigenvalue weighted by atomic mass is 15.4. The van der Waals surface area contributed by atoms with Crippen LogP contribution in [0.1, 0.15) is 38.2 Å². The molecule has 1 N–H and O–H groups in total. The first-order valence-corrected chi connectivity index (χ1v) is 10.4. The third kappa shape index (κ3) is 4.71. The van der Waals surface area contributed by atoms with Gasteiger partial charge in [-0.3, -0.25) is 4.99 Å². The van der Waals surface area contributed by atoms with Crippen LogP contribution in [0.25, 0.3) is 0 Å². The summed E-state index contributed by atoms with van der Waals surface area (Å²) in [6.45, 7) is 4.41. The Hall–Kier alpha value is -2.29. The van der Waals surface area contributed by atoms with Crippen LogP contribution in [0.15, 0.2) is 65.7 Å². The molecule has 0 amide bonds. The van der Waals surface area contributed by atoms with Gasteiger partial charge < -0.3 is 10.2 Å². The molecule has 3 nitrogen and oxygen atoms in total. The molecule has 1 heterocycles. The van der Waals surface area contributed by atoms with Crippen LogP contribution in [0.5, 0.6) is 0 Å². The Morgan fingerprint density at radius 2 is 1.59 bits per heavy atom. The van der Waals surface area contributed by atoms with Crippen molar-refractivity contribution in [2.75, 3.05) is 18.4 Å². The predicted molar refractivity (Wildman–Crippen MR) is 114 cm³/mol. The molecule has 1 aliphatic heterocycles. The molecule has 2 aliphatic rings. The highest BCUT2D eigenvalue weighted by Crippen LogP contribution is 2.30. The van der Waals surface area contributed by atoms with Crippen molar-refractivity contribution in [3.05, 3.63) is 66.2 Å². The number of nitrogens with zero attached hydrogens (tertiary/aromatic N) is 2. The average Bonchev–Trinajstić information content (AvgIpc) is 3.06. The van der Waals surface area contributed by atoms with Crippen LogP contribution < -0.4 is 5.32 Å². The number of benzene rings is 2. The van der Waals surface area contributed by atoms with Crippen LogP contribution in [-0.2, 0) is 6.42 Å². The number of aliphatic imine (C=N–C) groups is 1. The van der Waals surface area contributed by atoms with Gasteiger partial charge in [-0.15, -0.1) is 0 Å². The first kappa shape index (κ1) is 18.1. The molecule has 3 heteroatoms. The highest BCUT2D eigenvalue weighted by Gasteiger charge is 2.31. The number of nitrogens with one attached hydrogen (secondary N) is 1. The molecule has 1 unspecified atom stereocenters. The topological polar surface area (TPSA) is 27.6 Å². The highest BCUT2D eigenvalue weighted by molar-refractivity contribution is 5.95. The summed E-state index contributed by atoms with van der Waals surface area (Å²) in [5.41, 5.74) is 2.53. The van der Waals surface area contributed by atoms with Crippen LogP contribution in [-0.4, -0.2) is 30.0 Å². The lowest BCUT2D eigenvalue weighted by Gasteiger charge is -2.34. The van der Waals surface area contributed by atoms with Gasteiger partial charge in [-0.2, -0.15) is 0 Å². The Labute approximate surface area is 163 Å². The summed E-state index contributed by atoms with van der Waals surface area (Å²) in [5, 5.41) is 3.58. The van der Waals surface area contributed by atoms with Crippen molar-refractivity contribution in [1.82, 2.24) is 4.90 Å². The van der Waals surface area contributed by atoms with Crippen LogP contribution in [0, 0.1) is 11.8 Å². The van der Waals surface area contributed by atoms with Gasteiger partial charge in [0.2, 0.25) is 0 Å². The first-order valence-electron chi connectivity index (χ1n) is 10.4. The van der Waals surface area contributed by atoms with Gasteiger partial charge >= 0.3 is 0 Å². The van der Waals surface area contributed by atoms with Gasteiger partial charge in [-0.25, -0.2) is 0 Å². The molecular weight excluding hydrogens is 330 g/mol. The van der Waals surface area contributed by atoms with Gasteiger partial charge in [0.05, 0.1) is 12.6 Å². The Kier molecular flexibility index (Phi) is 5.76. The lowest BCUT2D eigenvalue weighted by Crippen LogP contribution is -2.44. The average molecular weight is 362 g/mol. The molecule has 0 aromatic heterocycles. The minimum absolute atomic E-state index is 0.456. The van der Waals surface area contributed by atoms with E-state index >= 15 is 0 Å². The van der Waals surface area contributed by atoms with E-state index in [1.807, 2.05) is 0 Å². The number of rotatable bonds is 5. The molecule has 2 aromatic carbocycles. The van der Waals surface area contributed by atoms with Crippen molar-refractivity contribution in [2.24, 2.45) is 16.8 Å². The second-order valence-electron chi connectivity index (χ2n) is 8.28. The fraction of sp³-hybridized carbons (Fsp3) is 0.458. The maximum absolute atomic E-state index is 4.90. The molecule has 0 radical (unpaired) electrons. The molecule has 1 aliphatic carbocycles. The normalized spacial score (nSPS) is 25.3. The van der Waals surface area contributed by atoms with Gasteiger partial charge in [0.1, 0.15) is 0 Å². The first-order chi connectivity index (χ1) is 13.3. The van der Waals surface area contributed by atoms with Crippen molar-refractivity contribution in [3.63, 3.8) is 0 Å². The van der Waals surface area contributed by atoms with Gasteiger partial charge in [0.15, 0.2) is 5.96 Å². The third-order valence-electron chi connectivity index (χ3n) is 6.10. The van der Waals surface area contributed by atoms with Crippen molar-refractivity contribution >= 4 is 11.6 Å². The van der Waals surface area contributed by atoms with E-state index < -0.39 is 0 Å². The smallest absolute Gasteiger partial charge is 0.198 e. The molecule has 2 aromatic rings. The van der Waals surface area contributed by atoms with Gasteiger partial charge in [0, 0.05) is 12.2 Å². The number of hydrogen-bond acceptors (Lipinski definition) is 3. The fourth-order valence-electron chi connectivity index (χ4n) is 4.40. The number of anilines is 1. The van der Waals surface area contributed by atoms with Crippen LogP contribution in [0.2, 0.25) is 0 Å². The fourth-order valence-corrected chi connectivity index (χ4v) is 4.40. The summed E-state index contributed by atoms with van der Waals surface area (Å²) in [5.74, 6) is 2.75. The minimum atomic E-state index is 0.456. The summed E-state index contributed by atoms with van der Waals surface area (Å²) in [6, 6.07) is 21.8. The summed E-state index contributed by atoms with van der Waals surface area (Å²) in [6.07, 6.45) is 6.52. The largest absolute Gasteiger partial charge is 0.337 e. The predicted octanol–water partition coefficient (Wildman–Crippen LogP) is 5.21. The number of guanidine groups is 1. The van der Waals surface area contributed by atoms with E-state index in [0.717, 1.165) is 43.0 Å². The molecule has 0 spiro atoms. The van der Waals surface area contributed by atoms with Crippen molar-refractivity contribution in [3.8, 4) is 0 Å². The number of para-hydroxylation sites is 1. The lowest BCUT2D eigenvalue weighted by atomic mass is 9.82. The van der Waals surface area contributed by atoms with E-state index in [1.165, 1.54) is 31.2 Å². The van der Waals surface area contributed by atoms with Gasteiger partial charge in [-0.1, -0.05) is 68.3 Å². The monoisotopic (exact) mass is 361 g/mol. The summed E-state index contributed by atoms with van der Waals surface area (Å²) >= 11 is 0. The summed E-state index contributed by atoms with van der Waals surface area (Å²) < 4.78 is 0. The van der Waals surface area contributed by atoms with E-state index in [4.69, 9.17) is 4.99 Å². The van der Waals surface area contributed by atoms with E-state index in [2.05, 4.69) is 77.8 Å². The van der Waals surface area contributed by atoms with Crippen LogP contribution >= 0.6 is 0 Å². The zero-order valence-corrected chi connectivity index (χ0v) is 16.3. The molecule has 0 bridgehead atoms. The molecular formula is C24H31N3. The maximum Gasteiger partial charge on any atom is 0.198 e. The number of hydrogen-bond donors (Lipinski definition) is 1. The van der Waals surface area contributed by atoms with Crippen LogP contribution in [0.4, 0.5) is 5.69 Å². The summed E-state index contributed by atoms with van der Waals surface area (Å²) in [7, 11) is 0. The lowest BCUT2D eigenvalue weighted by molar-refractivity contribution is 0.218. The minimum Gasteiger partial charge on any atom is -0.337 e. The van der Waals surface area contributed by atoms with Crippen molar-refractivity contribution in [2.45, 2.75) is 45.1 Å². The maximum atomic E-state index is 4.90.